The summed E-state index contributed by atoms with van der Waals surface area (Å²) in [6.45, 7) is 1.23. The van der Waals surface area contributed by atoms with E-state index in [1.54, 1.807) is 11.8 Å². The minimum Gasteiger partial charge on any atom is -0.476 e. The zero-order chi connectivity index (χ0) is 10.4. The van der Waals surface area contributed by atoms with Gasteiger partial charge in [0, 0.05) is 12.3 Å². The number of thioether (sulfide) groups is 1. The maximum Gasteiger partial charge on any atom is 0.358 e. The zero-order valence-electron chi connectivity index (χ0n) is 7.82. The first-order valence-electron chi connectivity index (χ1n) is 4.11. The number of nitrogens with zero attached hydrogens (tertiary/aromatic N) is 1. The molecule has 0 atom stereocenters. The highest BCUT2D eigenvalue weighted by Gasteiger charge is 2.14. The van der Waals surface area contributed by atoms with Crippen molar-refractivity contribution in [2.75, 3.05) is 18.6 Å². The van der Waals surface area contributed by atoms with Crippen molar-refractivity contribution in [2.24, 2.45) is 0 Å². The summed E-state index contributed by atoms with van der Waals surface area (Å²) < 4.78 is 4.94. The molecule has 1 aromatic heterocycles. The zero-order valence-corrected chi connectivity index (χ0v) is 8.63. The Hall–Kier alpha value is -1.01. The lowest BCUT2D eigenvalue weighted by atomic mass is 10.3. The summed E-state index contributed by atoms with van der Waals surface area (Å²) in [7, 11) is 0. The van der Waals surface area contributed by atoms with Crippen molar-refractivity contribution in [3.63, 3.8) is 0 Å². The van der Waals surface area contributed by atoms with E-state index in [-0.39, 0.29) is 5.69 Å². The lowest BCUT2D eigenvalue weighted by Gasteiger charge is -2.00. The second kappa shape index (κ2) is 5.66. The molecule has 5 nitrogen and oxygen atoms in total. The summed E-state index contributed by atoms with van der Waals surface area (Å²) in [5.41, 5.74) is -0.0124. The first kappa shape index (κ1) is 11.1. The Bertz CT molecular complexity index is 301. The number of carboxylic acids is 1. The van der Waals surface area contributed by atoms with E-state index in [2.05, 4.69) is 10.3 Å². The van der Waals surface area contributed by atoms with Gasteiger partial charge in [-0.2, -0.15) is 11.8 Å². The van der Waals surface area contributed by atoms with Crippen molar-refractivity contribution in [3.8, 4) is 0 Å². The number of hydrogen-bond acceptors (Lipinski definition) is 5. The summed E-state index contributed by atoms with van der Waals surface area (Å²) in [6, 6.07) is 0. The molecule has 0 unspecified atom stereocenters. The molecule has 0 spiro atoms. The summed E-state index contributed by atoms with van der Waals surface area (Å²) in [5.74, 6) is 0.301. The molecule has 0 aliphatic rings. The summed E-state index contributed by atoms with van der Waals surface area (Å²) >= 11 is 1.72. The molecule has 2 N–H and O–H groups in total. The van der Waals surface area contributed by atoms with Gasteiger partial charge in [0.05, 0.1) is 6.54 Å². The maximum absolute atomic E-state index is 10.6. The Morgan fingerprint density at radius 2 is 2.57 bits per heavy atom. The van der Waals surface area contributed by atoms with Crippen LogP contribution in [0.25, 0.3) is 0 Å². The largest absolute Gasteiger partial charge is 0.476 e. The fourth-order valence-corrected chi connectivity index (χ4v) is 1.29. The van der Waals surface area contributed by atoms with Gasteiger partial charge in [-0.15, -0.1) is 0 Å². The predicted octanol–water partition coefficient (Wildman–Crippen LogP) is 0.825. The quantitative estimate of drug-likeness (QED) is 0.686. The third kappa shape index (κ3) is 3.04. The molecule has 0 saturated carbocycles. The van der Waals surface area contributed by atoms with E-state index in [4.69, 9.17) is 9.52 Å². The Labute approximate surface area is 85.9 Å². The number of carboxylic acid groups (broad SMARTS) is 1. The fraction of sp³-hybridized carbons (Fsp3) is 0.500. The normalized spacial score (nSPS) is 10.4. The van der Waals surface area contributed by atoms with Crippen LogP contribution in [0.4, 0.5) is 0 Å². The highest BCUT2D eigenvalue weighted by atomic mass is 32.2. The van der Waals surface area contributed by atoms with Crippen LogP contribution in [-0.2, 0) is 6.54 Å². The van der Waals surface area contributed by atoms with Gasteiger partial charge >= 0.3 is 5.97 Å². The molecule has 0 fully saturated rings. The smallest absolute Gasteiger partial charge is 0.358 e. The van der Waals surface area contributed by atoms with Crippen molar-refractivity contribution in [3.05, 3.63) is 17.8 Å². The molecule has 78 valence electrons. The second-order valence-corrected chi connectivity index (χ2v) is 3.58. The average molecular weight is 216 g/mol. The van der Waals surface area contributed by atoms with Gasteiger partial charge in [-0.05, 0) is 6.26 Å². The molecule has 0 aromatic carbocycles. The van der Waals surface area contributed by atoms with Gasteiger partial charge in [-0.3, -0.25) is 0 Å². The molecule has 0 saturated heterocycles. The van der Waals surface area contributed by atoms with E-state index >= 15 is 0 Å². The number of aromatic nitrogens is 1. The molecule has 14 heavy (non-hydrogen) atoms. The molecular weight excluding hydrogens is 204 g/mol. The first-order chi connectivity index (χ1) is 6.75. The third-order valence-corrected chi connectivity index (χ3v) is 2.22. The van der Waals surface area contributed by atoms with E-state index in [9.17, 15) is 4.79 Å². The first-order valence-corrected chi connectivity index (χ1v) is 5.50. The monoisotopic (exact) mass is 216 g/mol. The molecule has 0 bridgehead atoms. The van der Waals surface area contributed by atoms with Gasteiger partial charge in [0.15, 0.2) is 17.8 Å². The van der Waals surface area contributed by atoms with Crippen LogP contribution in [0.15, 0.2) is 10.8 Å². The van der Waals surface area contributed by atoms with Crippen LogP contribution in [0.3, 0.4) is 0 Å². The average Bonchev–Trinajstić information content (AvgIpc) is 2.60. The molecule has 6 heteroatoms. The van der Waals surface area contributed by atoms with Gasteiger partial charge in [0.2, 0.25) is 0 Å². The van der Waals surface area contributed by atoms with E-state index < -0.39 is 5.97 Å². The third-order valence-electron chi connectivity index (χ3n) is 1.61. The van der Waals surface area contributed by atoms with E-state index in [1.807, 2.05) is 6.26 Å². The van der Waals surface area contributed by atoms with Gasteiger partial charge < -0.3 is 14.8 Å². The molecule has 1 aromatic rings. The lowest BCUT2D eigenvalue weighted by Crippen LogP contribution is -2.17. The highest BCUT2D eigenvalue weighted by molar-refractivity contribution is 7.98. The number of carbonyl (C=O) groups is 1. The minimum absolute atomic E-state index is 0.0124. The Balaban J connectivity index is 2.42. The highest BCUT2D eigenvalue weighted by Crippen LogP contribution is 2.05. The van der Waals surface area contributed by atoms with Gasteiger partial charge in [-0.25, -0.2) is 9.78 Å². The van der Waals surface area contributed by atoms with Crippen LogP contribution in [-0.4, -0.2) is 34.6 Å². The number of oxazole rings is 1. The minimum atomic E-state index is -1.06. The Kier molecular flexibility index (Phi) is 4.48. The van der Waals surface area contributed by atoms with E-state index in [0.29, 0.717) is 12.3 Å². The fourth-order valence-electron chi connectivity index (χ4n) is 0.947. The number of aromatic carboxylic acids is 1. The van der Waals surface area contributed by atoms with Crippen LogP contribution < -0.4 is 5.32 Å². The van der Waals surface area contributed by atoms with Crippen molar-refractivity contribution in [1.82, 2.24) is 10.3 Å². The standard InChI is InChI=1S/C8H12N2O3S/c1-14-3-2-9-4-6-7(8(11)12)10-5-13-6/h5,9H,2-4H2,1H3,(H,11,12). The summed E-state index contributed by atoms with van der Waals surface area (Å²) in [6.07, 6.45) is 3.16. The van der Waals surface area contributed by atoms with E-state index in [1.165, 1.54) is 0 Å². The van der Waals surface area contributed by atoms with Gasteiger partial charge in [-0.1, -0.05) is 0 Å². The second-order valence-electron chi connectivity index (χ2n) is 2.60. The van der Waals surface area contributed by atoms with Gasteiger partial charge in [0.25, 0.3) is 0 Å². The van der Waals surface area contributed by atoms with Crippen molar-refractivity contribution in [2.45, 2.75) is 6.54 Å². The Morgan fingerprint density at radius 1 is 1.79 bits per heavy atom. The van der Waals surface area contributed by atoms with Crippen molar-refractivity contribution >= 4 is 17.7 Å². The van der Waals surface area contributed by atoms with Crippen LogP contribution in [0.1, 0.15) is 16.2 Å². The van der Waals surface area contributed by atoms with Crippen LogP contribution >= 0.6 is 11.8 Å². The van der Waals surface area contributed by atoms with Crippen molar-refractivity contribution in [1.29, 1.82) is 0 Å². The number of rotatable bonds is 6. The number of hydrogen-bond donors (Lipinski definition) is 2. The molecule has 1 heterocycles. The molecule has 0 aliphatic carbocycles. The Morgan fingerprint density at radius 3 is 3.21 bits per heavy atom. The maximum atomic E-state index is 10.6. The van der Waals surface area contributed by atoms with Crippen LogP contribution in [0.5, 0.6) is 0 Å². The molecule has 1 rings (SSSR count). The van der Waals surface area contributed by atoms with Gasteiger partial charge in [0.1, 0.15) is 0 Å². The molecule has 0 amide bonds. The van der Waals surface area contributed by atoms with Crippen LogP contribution in [0.2, 0.25) is 0 Å². The molecule has 0 radical (unpaired) electrons. The van der Waals surface area contributed by atoms with Crippen LogP contribution in [0, 0.1) is 0 Å². The van der Waals surface area contributed by atoms with Crippen molar-refractivity contribution < 1.29 is 14.3 Å². The predicted molar refractivity (Wildman–Crippen MR) is 53.6 cm³/mol. The number of nitrogens with one attached hydrogen (secondary N) is 1. The molecular formula is C8H12N2O3S. The lowest BCUT2D eigenvalue weighted by molar-refractivity contribution is 0.0688. The molecule has 0 aliphatic heterocycles. The summed E-state index contributed by atoms with van der Waals surface area (Å²) in [5, 5.41) is 11.8. The van der Waals surface area contributed by atoms with E-state index in [0.717, 1.165) is 18.7 Å². The SMILES string of the molecule is CSCCNCc1ocnc1C(=O)O. The summed E-state index contributed by atoms with van der Waals surface area (Å²) in [4.78, 5) is 14.2. The topological polar surface area (TPSA) is 75.4 Å².